The molecule has 0 radical (unpaired) electrons. The number of ether oxygens (including phenoxy) is 3. The first-order chi connectivity index (χ1) is 11.0. The van der Waals surface area contributed by atoms with E-state index in [9.17, 15) is 0 Å². The maximum Gasteiger partial charge on any atom is 0 e. The molecule has 0 aromatic carbocycles. The van der Waals surface area contributed by atoms with Crippen LogP contribution < -0.4 is 0 Å². The molecule has 25 heavy (non-hydrogen) atoms. The van der Waals surface area contributed by atoms with E-state index in [-0.39, 0.29) is 59.3 Å². The monoisotopic (exact) mass is 1240 g/mol. The Bertz CT molecular complexity index is 321. The van der Waals surface area contributed by atoms with Gasteiger partial charge in [-0.25, -0.2) is 0 Å². The fourth-order valence-corrected chi connectivity index (χ4v) is 2.66. The van der Waals surface area contributed by atoms with E-state index >= 15 is 0 Å². The molecule has 2 fully saturated rings. The molecule has 0 amide bonds. The molecule has 3 rings (SSSR count). The molecule has 0 unspecified atom stereocenters. The van der Waals surface area contributed by atoms with Gasteiger partial charge in [0.1, 0.15) is 0 Å². The van der Waals surface area contributed by atoms with E-state index < -0.39 is 0 Å². The van der Waals surface area contributed by atoms with E-state index in [4.69, 9.17) is 14.2 Å². The summed E-state index contributed by atoms with van der Waals surface area (Å²) in [6.07, 6.45) is 10.3. The maximum absolute atomic E-state index is 5.36. The normalized spacial score (nSPS) is 28.2. The van der Waals surface area contributed by atoms with Crippen LogP contribution in [0.25, 0.3) is 0 Å². The summed E-state index contributed by atoms with van der Waals surface area (Å²) in [5, 5.41) is 0. The second kappa shape index (κ2) is 23.6. The summed E-state index contributed by atoms with van der Waals surface area (Å²) in [6, 6.07) is 0. The molecule has 2 saturated heterocycles. The van der Waals surface area contributed by atoms with Crippen molar-refractivity contribution in [3.63, 3.8) is 0 Å². The van der Waals surface area contributed by atoms with Gasteiger partial charge in [-0.1, -0.05) is 64.2 Å². The Kier molecular flexibility index (Phi) is 32.7. The first-order valence-corrected chi connectivity index (χ1v) is 23.6. The number of fused-ring (bicyclic) bond motifs is 1. The topological polar surface area (TPSA) is 27.7 Å². The van der Waals surface area contributed by atoms with Gasteiger partial charge in [-0.3, -0.25) is 12.8 Å². The van der Waals surface area contributed by atoms with E-state index in [0.717, 1.165) is 26.2 Å². The van der Waals surface area contributed by atoms with Crippen LogP contribution >= 0.6 is 98.5 Å². The van der Waals surface area contributed by atoms with Crippen molar-refractivity contribution in [3.8, 4) is 0 Å². The molecular formula is C14H22BrI4O3VW2-2. The van der Waals surface area contributed by atoms with E-state index in [1.165, 1.54) is 0 Å². The zero-order valence-electron chi connectivity index (χ0n) is 13.8. The van der Waals surface area contributed by atoms with E-state index in [1.807, 2.05) is 4.93 Å². The second-order valence-corrected chi connectivity index (χ2v) is 41.0. The zero-order chi connectivity index (χ0) is 17.7. The van der Waals surface area contributed by atoms with Gasteiger partial charge in [0.15, 0.2) is 0 Å². The molecule has 4 atom stereocenters. The molecule has 3 nitrogen and oxygen atoms in total. The van der Waals surface area contributed by atoms with E-state index in [1.54, 1.807) is 0 Å². The van der Waals surface area contributed by atoms with Crippen LogP contribution in [0.1, 0.15) is 13.3 Å². The molecule has 11 heteroatoms. The van der Waals surface area contributed by atoms with Crippen LogP contribution in [0.4, 0.5) is 0 Å². The Morgan fingerprint density at radius 3 is 2.24 bits per heavy atom. The Morgan fingerprint density at radius 2 is 1.80 bits per heavy atom. The number of hydrogen-bond donors (Lipinski definition) is 0. The van der Waals surface area contributed by atoms with Gasteiger partial charge in [0.2, 0.25) is 0 Å². The van der Waals surface area contributed by atoms with Gasteiger partial charge in [-0.15, -0.1) is 0 Å². The smallest absolute Gasteiger partial charge is 0 e. The largest absolute Gasteiger partial charge is 0 e. The Hall–Kier alpha value is 4.98. The molecule has 0 bridgehead atoms. The average Bonchev–Trinajstić information content (AvgIpc) is 3.23. The minimum atomic E-state index is -0.278. The standard InChI is InChI=1S/C7H11O.C6H8BrO2.CH3I.3HI.V.2W/c1-2-4-7-5-3-6-8-7;7-4-3-9-5-1-2-8-6(4)5;1-2;;;;;;/h3-5,7H,2,6H2,1H3;1,4-6H,2-3H2;1H3;3*1H;;;/q2*-1;;;;;+3;;/p-3/t7-;4-,5+,6+;;;;;;;/m10......./s1. The molecule has 0 saturated carbocycles. The third kappa shape index (κ3) is 18.3. The van der Waals surface area contributed by atoms with Crippen LogP contribution in [0.5, 0.6) is 0 Å². The van der Waals surface area contributed by atoms with Crippen LogP contribution in [-0.4, -0.2) is 47.9 Å². The van der Waals surface area contributed by atoms with Crippen molar-refractivity contribution in [1.29, 1.82) is 0 Å². The van der Waals surface area contributed by atoms with Crippen molar-refractivity contribution < 1.29 is 61.3 Å². The molecule has 3 aliphatic rings. The molecule has 150 valence electrons. The van der Waals surface area contributed by atoms with Crippen LogP contribution in [0, 0.1) is 12.8 Å². The van der Waals surface area contributed by atoms with Gasteiger partial charge in [-0.2, -0.15) is 6.42 Å². The summed E-state index contributed by atoms with van der Waals surface area (Å²) in [6.45, 7) is 4.44. The van der Waals surface area contributed by atoms with Gasteiger partial charge in [0.05, 0.1) is 24.1 Å². The molecule has 0 spiro atoms. The molecular weight excluding hydrogens is 1220 g/mol. The van der Waals surface area contributed by atoms with Gasteiger partial charge in [0.25, 0.3) is 0 Å². The Morgan fingerprint density at radius 1 is 1.20 bits per heavy atom. The summed E-state index contributed by atoms with van der Waals surface area (Å²) in [4.78, 5) is 2.10. The summed E-state index contributed by atoms with van der Waals surface area (Å²) < 4.78 is 16.0. The van der Waals surface area contributed by atoms with Crippen LogP contribution in [0.3, 0.4) is 0 Å². The number of hydrogen-bond acceptors (Lipinski definition) is 3. The molecule has 3 heterocycles. The predicted octanol–water partition coefficient (Wildman–Crippen LogP) is 6.01. The first kappa shape index (κ1) is 34.6. The molecule has 0 N–H and O–H groups in total. The summed E-state index contributed by atoms with van der Waals surface area (Å²) in [5.41, 5.74) is 0. The van der Waals surface area contributed by atoms with Gasteiger partial charge in [0, 0.05) is 42.1 Å². The SMILES string of the molecule is Br[C@H]1CO[C@@H]2[CH-]CO[C@H]12.CC[CH-][C@@H]1C=CCO1.CI.[I][V]([I])[I].[W].[W]. The van der Waals surface area contributed by atoms with Crippen molar-refractivity contribution in [1.82, 2.24) is 0 Å². The molecule has 3 aliphatic heterocycles. The van der Waals surface area contributed by atoms with Gasteiger partial charge in [-0.05, 0) is 17.1 Å². The molecule has 0 aromatic heterocycles. The van der Waals surface area contributed by atoms with Gasteiger partial charge < -0.3 is 14.2 Å². The molecule has 0 aliphatic carbocycles. The van der Waals surface area contributed by atoms with E-state index in [2.05, 4.69) is 130 Å². The third-order valence-corrected chi connectivity index (χ3v) is 3.71. The third-order valence-electron chi connectivity index (χ3n) is 2.92. The van der Waals surface area contributed by atoms with E-state index in [0.29, 0.717) is 10.9 Å². The fourth-order valence-electron chi connectivity index (χ4n) is 2.05. The number of alkyl halides is 2. The quantitative estimate of drug-likeness (QED) is 0.147. The Labute approximate surface area is 241 Å². The second-order valence-electron chi connectivity index (χ2n) is 4.41. The fraction of sp³-hybridized carbons (Fsp3) is 0.714. The summed E-state index contributed by atoms with van der Waals surface area (Å²) in [5.74, 6) is 0. The number of rotatable bonds is 2. The zero-order valence-corrected chi connectivity index (χ0v) is 31.3. The van der Waals surface area contributed by atoms with Crippen molar-refractivity contribution in [3.05, 3.63) is 25.0 Å². The minimum absolute atomic E-state index is 0. The van der Waals surface area contributed by atoms with Crippen molar-refractivity contribution in [2.45, 2.75) is 36.5 Å². The minimum Gasteiger partial charge on any atom is 0 e. The van der Waals surface area contributed by atoms with Crippen LogP contribution in [-0.2, 0) is 61.3 Å². The van der Waals surface area contributed by atoms with Gasteiger partial charge >= 0.3 is 64.9 Å². The predicted molar refractivity (Wildman–Crippen MR) is 132 cm³/mol. The van der Waals surface area contributed by atoms with Crippen molar-refractivity contribution in [2.24, 2.45) is 0 Å². The first-order valence-electron chi connectivity index (χ1n) is 7.02. The Balaban J connectivity index is -0.000000282. The van der Waals surface area contributed by atoms with Crippen LogP contribution in [0.2, 0.25) is 0 Å². The van der Waals surface area contributed by atoms with Crippen molar-refractivity contribution >= 4 is 98.5 Å². The van der Waals surface area contributed by atoms with Crippen LogP contribution in [0.15, 0.2) is 12.2 Å². The molecule has 0 aromatic rings. The average molecular weight is 1240 g/mol. The maximum atomic E-state index is 5.36. The van der Waals surface area contributed by atoms with Crippen molar-refractivity contribution in [2.75, 3.05) is 24.8 Å². The summed E-state index contributed by atoms with van der Waals surface area (Å²) in [7, 11) is 0. The summed E-state index contributed by atoms with van der Waals surface area (Å²) >= 11 is 13.0. The number of halogens is 5.